The van der Waals surface area contributed by atoms with E-state index in [1.807, 2.05) is 17.8 Å². The minimum absolute atomic E-state index is 0.807. The molecule has 0 saturated carbocycles. The maximum absolute atomic E-state index is 6.14. The highest BCUT2D eigenvalue weighted by molar-refractivity contribution is 7.99. The molecule has 1 aliphatic rings. The largest absolute Gasteiger partial charge is 0.313 e. The van der Waals surface area contributed by atoms with E-state index in [9.17, 15) is 0 Å². The smallest absolute Gasteiger partial charge is 0.0410 e. The van der Waals surface area contributed by atoms with Crippen LogP contribution in [-0.2, 0) is 19.4 Å². The molecule has 1 aliphatic carbocycles. The lowest BCUT2D eigenvalue weighted by Gasteiger charge is -2.11. The zero-order valence-corrected chi connectivity index (χ0v) is 13.9. The standard InChI is InChI=1S/C18H20ClNS/c1-2-20-12-15-10-16(19)7-9-18(15)21-17-8-6-13-4-3-5-14(13)11-17/h6-11,20H,2-5,12H2,1H3. The van der Waals surface area contributed by atoms with Crippen LogP contribution in [0.3, 0.4) is 0 Å². The number of halogens is 1. The highest BCUT2D eigenvalue weighted by Gasteiger charge is 2.12. The molecule has 0 heterocycles. The van der Waals surface area contributed by atoms with Gasteiger partial charge < -0.3 is 5.32 Å². The molecule has 0 amide bonds. The number of hydrogen-bond donors (Lipinski definition) is 1. The summed E-state index contributed by atoms with van der Waals surface area (Å²) in [7, 11) is 0. The molecule has 0 fully saturated rings. The molecule has 0 bridgehead atoms. The minimum Gasteiger partial charge on any atom is -0.313 e. The van der Waals surface area contributed by atoms with Crippen molar-refractivity contribution >= 4 is 23.4 Å². The Bertz CT molecular complexity index is 639. The molecule has 21 heavy (non-hydrogen) atoms. The van der Waals surface area contributed by atoms with Crippen molar-refractivity contribution in [3.63, 3.8) is 0 Å². The lowest BCUT2D eigenvalue weighted by molar-refractivity contribution is 0.718. The Kier molecular flexibility index (Phi) is 4.89. The molecule has 0 aliphatic heterocycles. The summed E-state index contributed by atoms with van der Waals surface area (Å²) in [6.07, 6.45) is 3.78. The fourth-order valence-corrected chi connectivity index (χ4v) is 3.97. The number of rotatable bonds is 5. The lowest BCUT2D eigenvalue weighted by atomic mass is 10.1. The topological polar surface area (TPSA) is 12.0 Å². The summed E-state index contributed by atoms with van der Waals surface area (Å²) in [5, 5.41) is 4.19. The van der Waals surface area contributed by atoms with Crippen LogP contribution in [0.1, 0.15) is 30.0 Å². The fourth-order valence-electron chi connectivity index (χ4n) is 2.78. The second-order valence-corrected chi connectivity index (χ2v) is 6.97. The Labute approximate surface area is 136 Å². The van der Waals surface area contributed by atoms with Crippen molar-refractivity contribution in [2.45, 2.75) is 42.5 Å². The Morgan fingerprint density at radius 3 is 2.81 bits per heavy atom. The van der Waals surface area contributed by atoms with Crippen molar-refractivity contribution < 1.29 is 0 Å². The van der Waals surface area contributed by atoms with Crippen LogP contribution in [0, 0.1) is 0 Å². The molecular weight excluding hydrogens is 298 g/mol. The molecular formula is C18H20ClNS. The van der Waals surface area contributed by atoms with Crippen molar-refractivity contribution in [1.29, 1.82) is 0 Å². The van der Waals surface area contributed by atoms with Gasteiger partial charge in [0.25, 0.3) is 0 Å². The Morgan fingerprint density at radius 1 is 1.10 bits per heavy atom. The third-order valence-corrected chi connectivity index (χ3v) is 5.23. The number of benzene rings is 2. The molecule has 0 aromatic heterocycles. The molecule has 110 valence electrons. The second kappa shape index (κ2) is 6.87. The highest BCUT2D eigenvalue weighted by atomic mass is 35.5. The van der Waals surface area contributed by atoms with Gasteiger partial charge in [-0.05, 0) is 72.8 Å². The summed E-state index contributed by atoms with van der Waals surface area (Å²) < 4.78 is 0. The van der Waals surface area contributed by atoms with E-state index in [4.69, 9.17) is 11.6 Å². The average Bonchev–Trinajstić information content (AvgIpc) is 2.95. The molecule has 0 radical (unpaired) electrons. The monoisotopic (exact) mass is 317 g/mol. The zero-order chi connectivity index (χ0) is 14.7. The van der Waals surface area contributed by atoms with Gasteiger partial charge in [-0.3, -0.25) is 0 Å². The van der Waals surface area contributed by atoms with E-state index in [0.29, 0.717) is 0 Å². The Hall–Kier alpha value is -0.960. The van der Waals surface area contributed by atoms with E-state index in [0.717, 1.165) is 18.1 Å². The van der Waals surface area contributed by atoms with Gasteiger partial charge in [0.15, 0.2) is 0 Å². The molecule has 0 spiro atoms. The first kappa shape index (κ1) is 15.0. The molecule has 0 atom stereocenters. The van der Waals surface area contributed by atoms with Gasteiger partial charge in [0, 0.05) is 21.4 Å². The molecule has 2 aromatic rings. The maximum atomic E-state index is 6.14. The second-order valence-electron chi connectivity index (χ2n) is 5.42. The van der Waals surface area contributed by atoms with E-state index in [-0.39, 0.29) is 0 Å². The molecule has 3 rings (SSSR count). The van der Waals surface area contributed by atoms with Crippen molar-refractivity contribution in [2.24, 2.45) is 0 Å². The van der Waals surface area contributed by atoms with Crippen molar-refractivity contribution in [1.82, 2.24) is 5.32 Å². The molecule has 1 N–H and O–H groups in total. The third-order valence-electron chi connectivity index (χ3n) is 3.89. The van der Waals surface area contributed by atoms with Crippen LogP contribution in [0.25, 0.3) is 0 Å². The van der Waals surface area contributed by atoms with Crippen LogP contribution in [0.5, 0.6) is 0 Å². The average molecular weight is 318 g/mol. The molecule has 0 saturated heterocycles. The number of hydrogen-bond acceptors (Lipinski definition) is 2. The van der Waals surface area contributed by atoms with Crippen LogP contribution < -0.4 is 5.32 Å². The van der Waals surface area contributed by atoms with Gasteiger partial charge >= 0.3 is 0 Å². The van der Waals surface area contributed by atoms with Gasteiger partial charge in [-0.25, -0.2) is 0 Å². The Morgan fingerprint density at radius 2 is 1.95 bits per heavy atom. The number of nitrogens with one attached hydrogen (secondary N) is 1. The third kappa shape index (κ3) is 3.63. The van der Waals surface area contributed by atoms with Gasteiger partial charge in [-0.2, -0.15) is 0 Å². The number of aryl methyl sites for hydroxylation is 2. The van der Waals surface area contributed by atoms with Crippen LogP contribution in [-0.4, -0.2) is 6.54 Å². The predicted octanol–water partition coefficient (Wildman–Crippen LogP) is 5.09. The van der Waals surface area contributed by atoms with Gasteiger partial charge in [0.1, 0.15) is 0 Å². The van der Waals surface area contributed by atoms with E-state index in [2.05, 4.69) is 42.6 Å². The minimum atomic E-state index is 0.807. The summed E-state index contributed by atoms with van der Waals surface area (Å²) in [5.41, 5.74) is 4.33. The summed E-state index contributed by atoms with van der Waals surface area (Å²) in [5.74, 6) is 0. The summed E-state index contributed by atoms with van der Waals surface area (Å²) >= 11 is 7.98. The first-order valence-electron chi connectivity index (χ1n) is 7.55. The van der Waals surface area contributed by atoms with Gasteiger partial charge in [0.2, 0.25) is 0 Å². The SMILES string of the molecule is CCNCc1cc(Cl)ccc1Sc1ccc2c(c1)CCC2. The fraction of sp³-hybridized carbons (Fsp3) is 0.333. The number of fused-ring (bicyclic) bond motifs is 1. The van der Waals surface area contributed by atoms with Gasteiger partial charge in [0.05, 0.1) is 0 Å². The highest BCUT2D eigenvalue weighted by Crippen LogP contribution is 2.34. The van der Waals surface area contributed by atoms with Crippen LogP contribution in [0.2, 0.25) is 5.02 Å². The summed E-state index contributed by atoms with van der Waals surface area (Å²) in [6.45, 7) is 3.96. The van der Waals surface area contributed by atoms with Gasteiger partial charge in [-0.1, -0.05) is 36.4 Å². The molecule has 1 nitrogen and oxygen atoms in total. The van der Waals surface area contributed by atoms with Gasteiger partial charge in [-0.15, -0.1) is 0 Å². The molecule has 0 unspecified atom stereocenters. The van der Waals surface area contributed by atoms with E-state index < -0.39 is 0 Å². The summed E-state index contributed by atoms with van der Waals surface area (Å²) in [6, 6.07) is 13.1. The van der Waals surface area contributed by atoms with Crippen molar-refractivity contribution in [3.05, 3.63) is 58.1 Å². The van der Waals surface area contributed by atoms with Crippen LogP contribution in [0.4, 0.5) is 0 Å². The van der Waals surface area contributed by atoms with E-state index in [1.54, 1.807) is 0 Å². The van der Waals surface area contributed by atoms with E-state index >= 15 is 0 Å². The predicted molar refractivity (Wildman–Crippen MR) is 91.4 cm³/mol. The van der Waals surface area contributed by atoms with Crippen LogP contribution >= 0.6 is 23.4 Å². The van der Waals surface area contributed by atoms with E-state index in [1.165, 1.54) is 45.7 Å². The summed E-state index contributed by atoms with van der Waals surface area (Å²) in [4.78, 5) is 2.62. The quantitative estimate of drug-likeness (QED) is 0.824. The molecule has 2 aromatic carbocycles. The first-order valence-corrected chi connectivity index (χ1v) is 8.74. The van der Waals surface area contributed by atoms with Crippen molar-refractivity contribution in [2.75, 3.05) is 6.54 Å². The maximum Gasteiger partial charge on any atom is 0.0410 e. The van der Waals surface area contributed by atoms with Crippen LogP contribution in [0.15, 0.2) is 46.2 Å². The lowest BCUT2D eigenvalue weighted by Crippen LogP contribution is -2.12. The first-order chi connectivity index (χ1) is 10.3. The molecule has 3 heteroatoms. The normalized spacial score (nSPS) is 13.4. The zero-order valence-electron chi connectivity index (χ0n) is 12.3. The Balaban J connectivity index is 1.83. The van der Waals surface area contributed by atoms with Crippen molar-refractivity contribution in [3.8, 4) is 0 Å².